The third-order valence-electron chi connectivity index (χ3n) is 5.53. The van der Waals surface area contributed by atoms with Crippen LogP contribution in [0.1, 0.15) is 25.7 Å². The van der Waals surface area contributed by atoms with E-state index in [1.807, 2.05) is 0 Å². The highest BCUT2D eigenvalue weighted by atomic mass is 19.1. The minimum atomic E-state index is -0.545. The molecule has 1 aromatic heterocycles. The first-order chi connectivity index (χ1) is 14.5. The van der Waals surface area contributed by atoms with Crippen molar-refractivity contribution in [1.82, 2.24) is 9.97 Å². The van der Waals surface area contributed by atoms with E-state index in [0.717, 1.165) is 31.9 Å². The number of esters is 1. The van der Waals surface area contributed by atoms with Crippen molar-refractivity contribution in [1.29, 1.82) is 0 Å². The maximum absolute atomic E-state index is 14.5. The van der Waals surface area contributed by atoms with E-state index in [1.165, 1.54) is 12.0 Å². The van der Waals surface area contributed by atoms with E-state index in [0.29, 0.717) is 30.4 Å². The highest BCUT2D eigenvalue weighted by Gasteiger charge is 2.27. The number of rotatable bonds is 5. The van der Waals surface area contributed by atoms with Gasteiger partial charge >= 0.3 is 12.1 Å². The van der Waals surface area contributed by atoms with Crippen molar-refractivity contribution in [3.05, 3.63) is 36.3 Å². The van der Waals surface area contributed by atoms with Gasteiger partial charge in [-0.2, -0.15) is 0 Å². The molecule has 8 nitrogen and oxygen atoms in total. The molecule has 2 heterocycles. The van der Waals surface area contributed by atoms with Crippen molar-refractivity contribution < 1.29 is 23.5 Å². The van der Waals surface area contributed by atoms with E-state index in [9.17, 15) is 14.0 Å². The second kappa shape index (κ2) is 8.64. The molecule has 0 unspecified atom stereocenters. The Morgan fingerprint density at radius 1 is 1.30 bits per heavy atom. The van der Waals surface area contributed by atoms with Crippen molar-refractivity contribution in [2.45, 2.75) is 31.7 Å². The number of carbonyl (C=O) groups is 2. The van der Waals surface area contributed by atoms with Gasteiger partial charge in [0.15, 0.2) is 5.82 Å². The quantitative estimate of drug-likeness (QED) is 0.750. The molecule has 158 valence electrons. The summed E-state index contributed by atoms with van der Waals surface area (Å²) in [6, 6.07) is 7.08. The molecule has 1 aliphatic carbocycles. The molecule has 1 amide bonds. The van der Waals surface area contributed by atoms with Crippen LogP contribution in [-0.2, 0) is 14.3 Å². The van der Waals surface area contributed by atoms with Crippen molar-refractivity contribution in [2.75, 3.05) is 30.5 Å². The second-order valence-corrected chi connectivity index (χ2v) is 7.42. The number of benzene rings is 1. The van der Waals surface area contributed by atoms with E-state index in [-0.39, 0.29) is 23.6 Å². The minimum Gasteiger partial charge on any atom is -0.469 e. The SMILES string of the molecule is COC(=O)[C@H]1CC[C@H](Nc2ncc(F)c(-c3cccc(N4CCOC4=O)c3)n2)CC1. The third-order valence-corrected chi connectivity index (χ3v) is 5.53. The average molecular weight is 414 g/mol. The summed E-state index contributed by atoms with van der Waals surface area (Å²) in [5, 5.41) is 3.25. The van der Waals surface area contributed by atoms with Gasteiger partial charge in [0.05, 0.1) is 25.8 Å². The molecule has 0 spiro atoms. The van der Waals surface area contributed by atoms with Crippen molar-refractivity contribution in [3.63, 3.8) is 0 Å². The summed E-state index contributed by atoms with van der Waals surface area (Å²) in [5.74, 6) is -0.455. The molecule has 4 rings (SSSR count). The smallest absolute Gasteiger partial charge is 0.414 e. The van der Waals surface area contributed by atoms with Crippen LogP contribution in [0.4, 0.5) is 20.8 Å². The number of methoxy groups -OCH3 is 1. The first kappa shape index (κ1) is 20.1. The van der Waals surface area contributed by atoms with Gasteiger partial charge in [0, 0.05) is 17.3 Å². The number of hydrogen-bond donors (Lipinski definition) is 1. The highest BCUT2D eigenvalue weighted by molar-refractivity contribution is 5.90. The minimum absolute atomic E-state index is 0.0715. The van der Waals surface area contributed by atoms with E-state index < -0.39 is 11.9 Å². The van der Waals surface area contributed by atoms with Crippen LogP contribution in [0.5, 0.6) is 0 Å². The second-order valence-electron chi connectivity index (χ2n) is 7.42. The largest absolute Gasteiger partial charge is 0.469 e. The van der Waals surface area contributed by atoms with Gasteiger partial charge in [-0.15, -0.1) is 0 Å². The summed E-state index contributed by atoms with van der Waals surface area (Å²) in [6.45, 7) is 0.785. The summed E-state index contributed by atoms with van der Waals surface area (Å²) in [4.78, 5) is 33.4. The Kier molecular flexibility index (Phi) is 5.78. The molecule has 9 heteroatoms. The Bertz CT molecular complexity index is 946. The molecule has 2 fully saturated rings. The van der Waals surface area contributed by atoms with E-state index in [2.05, 4.69) is 15.3 Å². The molecule has 1 aliphatic heterocycles. The van der Waals surface area contributed by atoms with Gasteiger partial charge in [0.1, 0.15) is 12.3 Å². The van der Waals surface area contributed by atoms with Gasteiger partial charge in [-0.05, 0) is 37.8 Å². The fourth-order valence-electron chi connectivity index (χ4n) is 3.91. The summed E-state index contributed by atoms with van der Waals surface area (Å²) in [7, 11) is 1.40. The number of nitrogens with one attached hydrogen (secondary N) is 1. The van der Waals surface area contributed by atoms with Gasteiger partial charge in [-0.25, -0.2) is 19.2 Å². The van der Waals surface area contributed by atoms with Crippen LogP contribution in [0, 0.1) is 11.7 Å². The summed E-state index contributed by atoms with van der Waals surface area (Å²) >= 11 is 0. The number of halogens is 1. The Morgan fingerprint density at radius 3 is 2.80 bits per heavy atom. The fourth-order valence-corrected chi connectivity index (χ4v) is 3.91. The van der Waals surface area contributed by atoms with Gasteiger partial charge in [-0.1, -0.05) is 12.1 Å². The lowest BCUT2D eigenvalue weighted by Gasteiger charge is -2.27. The standard InChI is InChI=1S/C21H23FN4O4/c1-29-19(27)13-5-7-15(8-6-13)24-20-23-12-17(22)18(25-20)14-3-2-4-16(11-14)26-9-10-30-21(26)28/h2-4,11-13,15H,5-10H2,1H3,(H,23,24,25)/t13-,15-. The molecule has 30 heavy (non-hydrogen) atoms. The van der Waals surface area contributed by atoms with Crippen LogP contribution in [-0.4, -0.2) is 48.3 Å². The first-order valence-electron chi connectivity index (χ1n) is 9.97. The molecule has 1 N–H and O–H groups in total. The van der Waals surface area contributed by atoms with Crippen molar-refractivity contribution >= 4 is 23.7 Å². The third kappa shape index (κ3) is 4.19. The van der Waals surface area contributed by atoms with Gasteiger partial charge in [0.25, 0.3) is 0 Å². The molecule has 1 saturated heterocycles. The van der Waals surface area contributed by atoms with Gasteiger partial charge in [0.2, 0.25) is 5.95 Å². The molecule has 0 bridgehead atoms. The van der Waals surface area contributed by atoms with Crippen LogP contribution in [0.15, 0.2) is 30.5 Å². The maximum atomic E-state index is 14.5. The number of ether oxygens (including phenoxy) is 2. The lowest BCUT2D eigenvalue weighted by molar-refractivity contribution is -0.146. The zero-order valence-corrected chi connectivity index (χ0v) is 16.6. The Balaban J connectivity index is 1.49. The summed E-state index contributed by atoms with van der Waals surface area (Å²) < 4.78 is 24.3. The fraction of sp³-hybridized carbons (Fsp3) is 0.429. The van der Waals surface area contributed by atoms with Crippen LogP contribution < -0.4 is 10.2 Å². The molecule has 2 aliphatic rings. The average Bonchev–Trinajstić information content (AvgIpc) is 3.21. The number of nitrogens with zero attached hydrogens (tertiary/aromatic N) is 3. The van der Waals surface area contributed by atoms with E-state index in [4.69, 9.17) is 9.47 Å². The van der Waals surface area contributed by atoms with E-state index >= 15 is 0 Å². The molecule has 1 saturated carbocycles. The highest BCUT2D eigenvalue weighted by Crippen LogP contribution is 2.29. The van der Waals surface area contributed by atoms with Crippen molar-refractivity contribution in [3.8, 4) is 11.3 Å². The van der Waals surface area contributed by atoms with E-state index in [1.54, 1.807) is 24.3 Å². The molecule has 0 atom stereocenters. The zero-order valence-electron chi connectivity index (χ0n) is 16.6. The predicted molar refractivity (Wildman–Crippen MR) is 108 cm³/mol. The number of hydrogen-bond acceptors (Lipinski definition) is 7. The zero-order chi connectivity index (χ0) is 21.1. The molecular formula is C21H23FN4O4. The number of carbonyl (C=O) groups excluding carboxylic acids is 2. The molecule has 1 aromatic carbocycles. The van der Waals surface area contributed by atoms with Crippen LogP contribution in [0.3, 0.4) is 0 Å². The summed E-state index contributed by atoms with van der Waals surface area (Å²) in [5.41, 5.74) is 1.33. The topological polar surface area (TPSA) is 93.6 Å². The van der Waals surface area contributed by atoms with Crippen LogP contribution >= 0.6 is 0 Å². The maximum Gasteiger partial charge on any atom is 0.414 e. The van der Waals surface area contributed by atoms with Gasteiger partial charge in [-0.3, -0.25) is 9.69 Å². The van der Waals surface area contributed by atoms with Gasteiger partial charge < -0.3 is 14.8 Å². The number of aromatic nitrogens is 2. The molecule has 0 radical (unpaired) electrons. The predicted octanol–water partition coefficient (Wildman–Crippen LogP) is 3.38. The van der Waals surface area contributed by atoms with Crippen LogP contribution in [0.2, 0.25) is 0 Å². The van der Waals surface area contributed by atoms with Crippen LogP contribution in [0.25, 0.3) is 11.3 Å². The lowest BCUT2D eigenvalue weighted by Crippen LogP contribution is -2.30. The number of anilines is 2. The Hall–Kier alpha value is -3.23. The monoisotopic (exact) mass is 414 g/mol. The molecule has 2 aromatic rings. The molecular weight excluding hydrogens is 391 g/mol. The first-order valence-corrected chi connectivity index (χ1v) is 9.97. The normalized spacial score (nSPS) is 21.3. The Morgan fingerprint density at radius 2 is 2.10 bits per heavy atom. The Labute approximate surface area is 173 Å². The summed E-state index contributed by atoms with van der Waals surface area (Å²) in [6.07, 6.45) is 3.74. The number of amides is 1. The number of cyclic esters (lactones) is 1. The van der Waals surface area contributed by atoms with Crippen molar-refractivity contribution in [2.24, 2.45) is 5.92 Å². The lowest BCUT2D eigenvalue weighted by atomic mass is 9.86.